The molecule has 0 radical (unpaired) electrons. The van der Waals surface area contributed by atoms with E-state index < -0.39 is 5.60 Å². The van der Waals surface area contributed by atoms with Crippen LogP contribution in [0.3, 0.4) is 0 Å². The first kappa shape index (κ1) is 20.7. The number of carbonyl (C=O) groups excluding carboxylic acids is 2. The fourth-order valence-corrected chi connectivity index (χ4v) is 4.67. The highest BCUT2D eigenvalue weighted by molar-refractivity contribution is 7.20. The normalized spacial score (nSPS) is 17.3. The van der Waals surface area contributed by atoms with Crippen molar-refractivity contribution < 1.29 is 19.1 Å². The number of aromatic nitrogens is 1. The second-order valence-corrected chi connectivity index (χ2v) is 8.40. The van der Waals surface area contributed by atoms with E-state index in [2.05, 4.69) is 10.3 Å². The topological polar surface area (TPSA) is 80.8 Å². The van der Waals surface area contributed by atoms with Crippen molar-refractivity contribution in [3.05, 3.63) is 28.8 Å². The number of methoxy groups -OCH3 is 2. The average Bonchev–Trinajstić information content (AvgIpc) is 3.31. The molecule has 3 rings (SSSR count). The van der Waals surface area contributed by atoms with Gasteiger partial charge in [0.25, 0.3) is 11.8 Å². The van der Waals surface area contributed by atoms with Crippen LogP contribution < -0.4 is 5.32 Å². The highest BCUT2D eigenvalue weighted by Gasteiger charge is 2.38. The highest BCUT2D eigenvalue weighted by Crippen LogP contribution is 2.39. The summed E-state index contributed by atoms with van der Waals surface area (Å²) in [6.07, 6.45) is 2.55. The number of amides is 2. The van der Waals surface area contributed by atoms with Gasteiger partial charge in [-0.25, -0.2) is 4.98 Å². The predicted octanol–water partition coefficient (Wildman–Crippen LogP) is 2.41. The van der Waals surface area contributed by atoms with Crippen molar-refractivity contribution in [1.29, 1.82) is 0 Å². The Hall–Kier alpha value is -2.03. The first-order valence-corrected chi connectivity index (χ1v) is 10.2. The van der Waals surface area contributed by atoms with Crippen molar-refractivity contribution in [2.45, 2.75) is 31.8 Å². The summed E-state index contributed by atoms with van der Waals surface area (Å²) in [7, 11) is 3.15. The maximum atomic E-state index is 12.8. The number of rotatable bonds is 7. The first-order valence-electron chi connectivity index (χ1n) is 9.38. The molecule has 8 heteroatoms. The van der Waals surface area contributed by atoms with Gasteiger partial charge in [0.2, 0.25) is 0 Å². The smallest absolute Gasteiger partial charge is 0.261 e. The fraction of sp³-hybridized carbons (Fsp3) is 0.550. The first-order chi connectivity index (χ1) is 13.4. The monoisotopic (exact) mass is 405 g/mol. The molecule has 0 saturated carbocycles. The largest absolute Gasteiger partial charge is 0.383 e. The van der Waals surface area contributed by atoms with Gasteiger partial charge in [0, 0.05) is 51.4 Å². The molecular weight excluding hydrogens is 378 g/mol. The third-order valence-corrected chi connectivity index (χ3v) is 6.34. The molecule has 0 spiro atoms. The molecule has 1 fully saturated rings. The van der Waals surface area contributed by atoms with Crippen LogP contribution in [0.5, 0.6) is 0 Å². The highest BCUT2D eigenvalue weighted by atomic mass is 32.1. The molecule has 1 saturated heterocycles. The van der Waals surface area contributed by atoms with Crippen LogP contribution in [0.25, 0.3) is 10.2 Å². The van der Waals surface area contributed by atoms with Crippen molar-refractivity contribution in [2.24, 2.45) is 0 Å². The van der Waals surface area contributed by atoms with Gasteiger partial charge in [-0.3, -0.25) is 9.59 Å². The molecule has 1 aliphatic rings. The lowest BCUT2D eigenvalue weighted by molar-refractivity contribution is -0.149. The summed E-state index contributed by atoms with van der Waals surface area (Å²) in [5.74, 6) is -0.0453. The fourth-order valence-electron chi connectivity index (χ4n) is 3.52. The third-order valence-electron chi connectivity index (χ3n) is 5.21. The van der Waals surface area contributed by atoms with Crippen molar-refractivity contribution in [2.75, 3.05) is 40.5 Å². The van der Waals surface area contributed by atoms with Crippen LogP contribution in [0.2, 0.25) is 0 Å². The molecule has 7 nitrogen and oxygen atoms in total. The predicted molar refractivity (Wildman–Crippen MR) is 109 cm³/mol. The Morgan fingerprint density at radius 2 is 2.18 bits per heavy atom. The SMILES string of the molecule is COCCNC(=O)c1sc2ncccc2c1[C@@H]1CCN(C(=O)C(C)(C)OC)C1. The van der Waals surface area contributed by atoms with E-state index in [-0.39, 0.29) is 17.7 Å². The molecular formula is C20H27N3O4S. The van der Waals surface area contributed by atoms with E-state index in [1.54, 1.807) is 34.3 Å². The average molecular weight is 406 g/mol. The maximum Gasteiger partial charge on any atom is 0.261 e. The van der Waals surface area contributed by atoms with E-state index in [0.29, 0.717) is 31.1 Å². The summed E-state index contributed by atoms with van der Waals surface area (Å²) in [6, 6.07) is 3.89. The summed E-state index contributed by atoms with van der Waals surface area (Å²) in [6.45, 7) is 5.70. The van der Waals surface area contributed by atoms with Gasteiger partial charge in [-0.05, 0) is 31.9 Å². The van der Waals surface area contributed by atoms with E-state index >= 15 is 0 Å². The Morgan fingerprint density at radius 3 is 2.89 bits per heavy atom. The summed E-state index contributed by atoms with van der Waals surface area (Å²) in [4.78, 5) is 33.4. The maximum absolute atomic E-state index is 12.8. The van der Waals surface area contributed by atoms with Crippen LogP contribution in [-0.2, 0) is 14.3 Å². The molecule has 152 valence electrons. The minimum atomic E-state index is -0.854. The zero-order valence-corrected chi connectivity index (χ0v) is 17.6. The summed E-state index contributed by atoms with van der Waals surface area (Å²) in [5, 5.41) is 3.91. The van der Waals surface area contributed by atoms with Crippen LogP contribution in [-0.4, -0.2) is 67.8 Å². The number of ether oxygens (including phenoxy) is 2. The molecule has 2 aromatic rings. The number of fused-ring (bicyclic) bond motifs is 1. The van der Waals surface area contributed by atoms with Gasteiger partial charge in [0.15, 0.2) is 0 Å². The standard InChI is InChI=1S/C20H27N3O4S/c1-20(2,27-4)19(25)23-10-7-13(12-23)15-14-6-5-8-22-18(14)28-16(15)17(24)21-9-11-26-3/h5-6,8,13H,7,9-12H2,1-4H3,(H,21,24)/t13-/m1/s1. The Kier molecular flexibility index (Phi) is 6.32. The lowest BCUT2D eigenvalue weighted by Gasteiger charge is -2.28. The van der Waals surface area contributed by atoms with Gasteiger partial charge >= 0.3 is 0 Å². The molecule has 0 aromatic carbocycles. The summed E-state index contributed by atoms with van der Waals surface area (Å²) >= 11 is 1.40. The molecule has 28 heavy (non-hydrogen) atoms. The Bertz CT molecular complexity index is 864. The minimum absolute atomic E-state index is 0.0266. The lowest BCUT2D eigenvalue weighted by atomic mass is 9.95. The molecule has 0 bridgehead atoms. The van der Waals surface area contributed by atoms with Crippen molar-refractivity contribution in [3.8, 4) is 0 Å². The van der Waals surface area contributed by atoms with Crippen LogP contribution in [0.15, 0.2) is 18.3 Å². The Balaban J connectivity index is 1.89. The third kappa shape index (κ3) is 4.04. The van der Waals surface area contributed by atoms with Gasteiger partial charge < -0.3 is 19.7 Å². The summed E-state index contributed by atoms with van der Waals surface area (Å²) in [5.41, 5.74) is 0.140. The lowest BCUT2D eigenvalue weighted by Crippen LogP contribution is -2.45. The number of likely N-dealkylation sites (tertiary alicyclic amines) is 1. The number of thiophene rings is 1. The van der Waals surface area contributed by atoms with Crippen molar-refractivity contribution in [1.82, 2.24) is 15.2 Å². The number of hydrogen-bond donors (Lipinski definition) is 1. The van der Waals surface area contributed by atoms with E-state index in [0.717, 1.165) is 22.2 Å². The minimum Gasteiger partial charge on any atom is -0.383 e. The number of nitrogens with one attached hydrogen (secondary N) is 1. The van der Waals surface area contributed by atoms with E-state index in [1.807, 2.05) is 17.0 Å². The summed E-state index contributed by atoms with van der Waals surface area (Å²) < 4.78 is 10.4. The van der Waals surface area contributed by atoms with Gasteiger partial charge in [-0.2, -0.15) is 0 Å². The molecule has 1 atom stereocenters. The molecule has 1 aliphatic heterocycles. The molecule has 0 aliphatic carbocycles. The van der Waals surface area contributed by atoms with E-state index in [9.17, 15) is 9.59 Å². The van der Waals surface area contributed by atoms with Gasteiger partial charge in [-0.1, -0.05) is 6.07 Å². The van der Waals surface area contributed by atoms with E-state index in [1.165, 1.54) is 11.3 Å². The number of carbonyl (C=O) groups is 2. The Morgan fingerprint density at radius 1 is 1.39 bits per heavy atom. The van der Waals surface area contributed by atoms with Crippen LogP contribution >= 0.6 is 11.3 Å². The van der Waals surface area contributed by atoms with Crippen molar-refractivity contribution in [3.63, 3.8) is 0 Å². The zero-order chi connectivity index (χ0) is 20.3. The number of hydrogen-bond acceptors (Lipinski definition) is 6. The molecule has 3 heterocycles. The van der Waals surface area contributed by atoms with E-state index in [4.69, 9.17) is 9.47 Å². The van der Waals surface area contributed by atoms with Crippen LogP contribution in [0.1, 0.15) is 41.4 Å². The Labute approximate surface area is 169 Å². The van der Waals surface area contributed by atoms with Gasteiger partial charge in [-0.15, -0.1) is 11.3 Å². The molecule has 0 unspecified atom stereocenters. The van der Waals surface area contributed by atoms with Gasteiger partial charge in [0.05, 0.1) is 11.5 Å². The molecule has 2 amide bonds. The number of nitrogens with zero attached hydrogens (tertiary/aromatic N) is 2. The van der Waals surface area contributed by atoms with Crippen molar-refractivity contribution >= 4 is 33.4 Å². The second kappa shape index (κ2) is 8.55. The molecule has 1 N–H and O–H groups in total. The molecule has 2 aromatic heterocycles. The zero-order valence-electron chi connectivity index (χ0n) is 16.8. The van der Waals surface area contributed by atoms with Crippen LogP contribution in [0.4, 0.5) is 0 Å². The van der Waals surface area contributed by atoms with Gasteiger partial charge in [0.1, 0.15) is 10.4 Å². The number of pyridine rings is 1. The second-order valence-electron chi connectivity index (χ2n) is 7.40. The van der Waals surface area contributed by atoms with Crippen LogP contribution in [0, 0.1) is 0 Å². The quantitative estimate of drug-likeness (QED) is 0.716.